The Balaban J connectivity index is 1.96. The van der Waals surface area contributed by atoms with Crippen LogP contribution in [0.4, 0.5) is 15.9 Å². The Morgan fingerprint density at radius 3 is 2.61 bits per heavy atom. The first kappa shape index (κ1) is 14.9. The molecule has 2 heterocycles. The second-order valence-corrected chi connectivity index (χ2v) is 5.09. The maximum atomic E-state index is 13.1. The van der Waals surface area contributed by atoms with Gasteiger partial charge in [-0.25, -0.2) is 9.37 Å². The Morgan fingerprint density at radius 2 is 2.00 bits per heavy atom. The summed E-state index contributed by atoms with van der Waals surface area (Å²) in [4.78, 5) is 18.7. The molecule has 3 rings (SSSR count). The van der Waals surface area contributed by atoms with Gasteiger partial charge in [0.05, 0.1) is 17.8 Å². The van der Waals surface area contributed by atoms with Crippen LogP contribution in [0.5, 0.6) is 0 Å². The number of amides is 1. The monoisotopic (exact) mass is 310 g/mol. The minimum absolute atomic E-state index is 0.170. The van der Waals surface area contributed by atoms with Crippen molar-refractivity contribution in [3.63, 3.8) is 0 Å². The predicted molar refractivity (Wildman–Crippen MR) is 84.8 cm³/mol. The van der Waals surface area contributed by atoms with Gasteiger partial charge in [-0.1, -0.05) is 18.2 Å². The van der Waals surface area contributed by atoms with Gasteiger partial charge in [0.15, 0.2) is 0 Å². The number of rotatable bonds is 4. The van der Waals surface area contributed by atoms with Crippen LogP contribution in [0.25, 0.3) is 0 Å². The third-order valence-corrected chi connectivity index (χ3v) is 3.58. The van der Waals surface area contributed by atoms with Gasteiger partial charge in [0.2, 0.25) is 5.91 Å². The normalized spacial score (nSPS) is 11.9. The summed E-state index contributed by atoms with van der Waals surface area (Å²) in [6, 6.07) is 11.3. The molecule has 0 fully saturated rings. The smallest absolute Gasteiger partial charge is 0.240 e. The summed E-state index contributed by atoms with van der Waals surface area (Å²) in [5.41, 5.74) is 1.34. The van der Waals surface area contributed by atoms with Crippen molar-refractivity contribution in [2.24, 2.45) is 0 Å². The van der Waals surface area contributed by atoms with Crippen LogP contribution >= 0.6 is 0 Å². The third kappa shape index (κ3) is 3.11. The van der Waals surface area contributed by atoms with Crippen molar-refractivity contribution in [2.75, 3.05) is 4.90 Å². The fourth-order valence-electron chi connectivity index (χ4n) is 2.31. The van der Waals surface area contributed by atoms with E-state index in [0.29, 0.717) is 11.5 Å². The SMILES string of the molecule is CC(C(=O)N(c1cn[nH]c1)c1ccccn1)c1ccc(F)cc1. The van der Waals surface area contributed by atoms with Gasteiger partial charge in [-0.05, 0) is 36.8 Å². The van der Waals surface area contributed by atoms with Crippen molar-refractivity contribution in [3.8, 4) is 0 Å². The summed E-state index contributed by atoms with van der Waals surface area (Å²) >= 11 is 0. The molecule has 3 aromatic rings. The number of pyridine rings is 1. The number of hydrogen-bond acceptors (Lipinski definition) is 3. The van der Waals surface area contributed by atoms with Crippen LogP contribution in [0.1, 0.15) is 18.4 Å². The largest absolute Gasteiger partial charge is 0.284 e. The van der Waals surface area contributed by atoms with Gasteiger partial charge in [-0.2, -0.15) is 5.10 Å². The molecule has 1 unspecified atom stereocenters. The molecule has 5 nitrogen and oxygen atoms in total. The number of halogens is 1. The number of nitrogens with zero attached hydrogens (tertiary/aromatic N) is 3. The molecule has 0 spiro atoms. The molecule has 23 heavy (non-hydrogen) atoms. The Hall–Kier alpha value is -3.02. The van der Waals surface area contributed by atoms with E-state index in [4.69, 9.17) is 0 Å². The standard InChI is InChI=1S/C17H15FN4O/c1-12(13-5-7-14(18)8-6-13)17(23)22(15-10-20-21-11-15)16-4-2-3-9-19-16/h2-12H,1H3,(H,20,21). The fourth-order valence-corrected chi connectivity index (χ4v) is 2.31. The van der Waals surface area contributed by atoms with E-state index in [1.165, 1.54) is 17.0 Å². The molecule has 1 amide bonds. The predicted octanol–water partition coefficient (Wildman–Crippen LogP) is 3.41. The molecule has 0 saturated heterocycles. The third-order valence-electron chi connectivity index (χ3n) is 3.58. The average Bonchev–Trinajstić information content (AvgIpc) is 3.10. The second kappa shape index (κ2) is 6.39. The van der Waals surface area contributed by atoms with E-state index >= 15 is 0 Å². The van der Waals surface area contributed by atoms with Gasteiger partial charge in [-0.3, -0.25) is 14.8 Å². The molecule has 2 aromatic heterocycles. The topological polar surface area (TPSA) is 61.9 Å². The highest BCUT2D eigenvalue weighted by Gasteiger charge is 2.26. The summed E-state index contributed by atoms with van der Waals surface area (Å²) in [6.45, 7) is 1.78. The molecule has 0 saturated carbocycles. The van der Waals surface area contributed by atoms with Crippen LogP contribution in [0, 0.1) is 5.82 Å². The van der Waals surface area contributed by atoms with Crippen molar-refractivity contribution >= 4 is 17.4 Å². The number of aromatic nitrogens is 3. The van der Waals surface area contributed by atoms with Gasteiger partial charge < -0.3 is 0 Å². The lowest BCUT2D eigenvalue weighted by molar-refractivity contribution is -0.119. The molecule has 0 radical (unpaired) electrons. The van der Waals surface area contributed by atoms with E-state index in [0.717, 1.165) is 5.56 Å². The molecule has 0 aliphatic heterocycles. The Morgan fingerprint density at radius 1 is 1.22 bits per heavy atom. The Kier molecular flexibility index (Phi) is 4.14. The maximum absolute atomic E-state index is 13.1. The Bertz CT molecular complexity index is 772. The molecule has 116 valence electrons. The van der Waals surface area contributed by atoms with E-state index in [-0.39, 0.29) is 11.7 Å². The van der Waals surface area contributed by atoms with Crippen LogP contribution in [0.2, 0.25) is 0 Å². The highest BCUT2D eigenvalue weighted by molar-refractivity contribution is 6.03. The van der Waals surface area contributed by atoms with E-state index in [1.807, 2.05) is 6.07 Å². The maximum Gasteiger partial charge on any atom is 0.240 e. The van der Waals surface area contributed by atoms with Gasteiger partial charge in [0.25, 0.3) is 0 Å². The second-order valence-electron chi connectivity index (χ2n) is 5.09. The van der Waals surface area contributed by atoms with Gasteiger partial charge in [-0.15, -0.1) is 0 Å². The number of carbonyl (C=O) groups is 1. The van der Waals surface area contributed by atoms with Crippen molar-refractivity contribution in [3.05, 3.63) is 72.4 Å². The molecule has 1 aromatic carbocycles. The molecular formula is C17H15FN4O. The lowest BCUT2D eigenvalue weighted by Gasteiger charge is -2.23. The number of anilines is 2. The molecule has 1 N–H and O–H groups in total. The van der Waals surface area contributed by atoms with Crippen LogP contribution in [0.3, 0.4) is 0 Å². The summed E-state index contributed by atoms with van der Waals surface area (Å²) in [7, 11) is 0. The zero-order valence-electron chi connectivity index (χ0n) is 12.5. The molecule has 6 heteroatoms. The average molecular weight is 310 g/mol. The Labute approximate surface area is 132 Å². The van der Waals surface area contributed by atoms with E-state index < -0.39 is 5.92 Å². The summed E-state index contributed by atoms with van der Waals surface area (Å²) in [5.74, 6) is -0.443. The van der Waals surface area contributed by atoms with Gasteiger partial charge >= 0.3 is 0 Å². The van der Waals surface area contributed by atoms with Crippen molar-refractivity contribution in [2.45, 2.75) is 12.8 Å². The number of aromatic amines is 1. The number of hydrogen-bond donors (Lipinski definition) is 1. The van der Waals surface area contributed by atoms with Crippen molar-refractivity contribution in [1.29, 1.82) is 0 Å². The summed E-state index contributed by atoms with van der Waals surface area (Å²) in [6.07, 6.45) is 4.81. The minimum atomic E-state index is -0.451. The first-order valence-electron chi connectivity index (χ1n) is 7.16. The van der Waals surface area contributed by atoms with E-state index in [1.54, 1.807) is 49.8 Å². The molecule has 0 aliphatic carbocycles. The number of nitrogens with one attached hydrogen (secondary N) is 1. The molecule has 0 aliphatic rings. The molecular weight excluding hydrogens is 295 g/mol. The van der Waals surface area contributed by atoms with Crippen LogP contribution in [-0.4, -0.2) is 21.1 Å². The quantitative estimate of drug-likeness (QED) is 0.803. The zero-order valence-corrected chi connectivity index (χ0v) is 12.5. The first-order valence-corrected chi connectivity index (χ1v) is 7.16. The minimum Gasteiger partial charge on any atom is -0.284 e. The van der Waals surface area contributed by atoms with Gasteiger partial charge in [0.1, 0.15) is 11.6 Å². The summed E-state index contributed by atoms with van der Waals surface area (Å²) in [5, 5.41) is 6.60. The number of carbonyl (C=O) groups excluding carboxylic acids is 1. The number of benzene rings is 1. The molecule has 1 atom stereocenters. The van der Waals surface area contributed by atoms with Crippen LogP contribution in [-0.2, 0) is 4.79 Å². The molecule has 0 bridgehead atoms. The first-order chi connectivity index (χ1) is 11.2. The lowest BCUT2D eigenvalue weighted by Crippen LogP contribution is -2.30. The van der Waals surface area contributed by atoms with Crippen LogP contribution < -0.4 is 4.90 Å². The highest BCUT2D eigenvalue weighted by atomic mass is 19.1. The lowest BCUT2D eigenvalue weighted by atomic mass is 9.99. The van der Waals surface area contributed by atoms with E-state index in [2.05, 4.69) is 15.2 Å². The van der Waals surface area contributed by atoms with Crippen molar-refractivity contribution in [1.82, 2.24) is 15.2 Å². The zero-order chi connectivity index (χ0) is 16.2. The van der Waals surface area contributed by atoms with Crippen LogP contribution in [0.15, 0.2) is 61.1 Å². The van der Waals surface area contributed by atoms with E-state index in [9.17, 15) is 9.18 Å². The highest BCUT2D eigenvalue weighted by Crippen LogP contribution is 2.28. The number of H-pyrrole nitrogens is 1. The van der Waals surface area contributed by atoms with Gasteiger partial charge in [0, 0.05) is 12.4 Å². The fraction of sp³-hybridized carbons (Fsp3) is 0.118. The van der Waals surface area contributed by atoms with Crippen molar-refractivity contribution < 1.29 is 9.18 Å². The summed E-state index contributed by atoms with van der Waals surface area (Å²) < 4.78 is 13.1.